The summed E-state index contributed by atoms with van der Waals surface area (Å²) in [6.45, 7) is 0. The molecule has 4 heterocycles. The Hall–Kier alpha value is -4.57. The van der Waals surface area contributed by atoms with Crippen LogP contribution in [0.4, 0.5) is 0 Å². The number of fused-ring (bicyclic) bond motifs is 14. The molecular formula is C31H18N4. The smallest absolute Gasteiger partial charge is 0.178 e. The first kappa shape index (κ1) is 17.8. The van der Waals surface area contributed by atoms with Crippen LogP contribution in [0.1, 0.15) is 22.3 Å². The third-order valence-electron chi connectivity index (χ3n) is 7.93. The fourth-order valence-electron chi connectivity index (χ4n) is 6.41. The summed E-state index contributed by atoms with van der Waals surface area (Å²) in [7, 11) is 0. The minimum absolute atomic E-state index is 0.772. The Kier molecular flexibility index (Phi) is 3.11. The van der Waals surface area contributed by atoms with E-state index in [1.807, 2.05) is 24.7 Å². The summed E-state index contributed by atoms with van der Waals surface area (Å²) in [6, 6.07) is 24.6. The van der Waals surface area contributed by atoms with Gasteiger partial charge < -0.3 is 0 Å². The van der Waals surface area contributed by atoms with E-state index in [9.17, 15) is 0 Å². The molecule has 0 saturated carbocycles. The lowest BCUT2D eigenvalue weighted by Crippen LogP contribution is -1.93. The summed E-state index contributed by atoms with van der Waals surface area (Å²) >= 11 is 0. The molecule has 0 bridgehead atoms. The number of imidazole rings is 1. The Balaban J connectivity index is 1.40. The molecule has 4 nitrogen and oxygen atoms in total. The molecule has 2 aliphatic carbocycles. The van der Waals surface area contributed by atoms with Crippen molar-refractivity contribution < 1.29 is 0 Å². The predicted octanol–water partition coefficient (Wildman–Crippen LogP) is 6.73. The molecule has 0 unspecified atom stereocenters. The Bertz CT molecular complexity index is 2070. The van der Waals surface area contributed by atoms with Crippen LogP contribution in [0.3, 0.4) is 0 Å². The molecule has 0 atom stereocenters. The number of aromatic nitrogens is 4. The monoisotopic (exact) mass is 446 g/mol. The highest BCUT2D eigenvalue weighted by molar-refractivity contribution is 6.15. The zero-order valence-electron chi connectivity index (χ0n) is 18.8. The highest BCUT2D eigenvalue weighted by atomic mass is 15.1. The van der Waals surface area contributed by atoms with E-state index >= 15 is 0 Å². The fourth-order valence-corrected chi connectivity index (χ4v) is 6.41. The van der Waals surface area contributed by atoms with E-state index in [1.165, 1.54) is 49.9 Å². The van der Waals surface area contributed by atoms with Crippen LogP contribution in [0.15, 0.2) is 85.3 Å². The minimum Gasteiger partial charge on any atom is -0.290 e. The molecule has 3 aromatic carbocycles. The number of pyridine rings is 3. The average molecular weight is 447 g/mol. The van der Waals surface area contributed by atoms with Gasteiger partial charge in [0.1, 0.15) is 5.65 Å². The van der Waals surface area contributed by atoms with Gasteiger partial charge in [-0.2, -0.15) is 0 Å². The summed E-state index contributed by atoms with van der Waals surface area (Å²) in [5.74, 6) is 0. The Morgan fingerprint density at radius 1 is 0.600 bits per heavy atom. The van der Waals surface area contributed by atoms with Crippen molar-refractivity contribution in [3.8, 4) is 22.3 Å². The lowest BCUT2D eigenvalue weighted by atomic mass is 9.96. The van der Waals surface area contributed by atoms with Crippen LogP contribution >= 0.6 is 0 Å². The lowest BCUT2D eigenvalue weighted by Gasteiger charge is -2.11. The van der Waals surface area contributed by atoms with E-state index in [0.717, 1.165) is 45.9 Å². The van der Waals surface area contributed by atoms with Crippen LogP contribution in [-0.2, 0) is 12.8 Å². The van der Waals surface area contributed by atoms with E-state index in [0.29, 0.717) is 0 Å². The summed E-state index contributed by atoms with van der Waals surface area (Å²) in [4.78, 5) is 14.0. The third kappa shape index (κ3) is 2.20. The second-order valence-corrected chi connectivity index (χ2v) is 9.74. The van der Waals surface area contributed by atoms with Crippen LogP contribution in [0, 0.1) is 0 Å². The van der Waals surface area contributed by atoms with Gasteiger partial charge in [0.2, 0.25) is 0 Å². The van der Waals surface area contributed by atoms with Crippen LogP contribution in [0.2, 0.25) is 0 Å². The summed E-state index contributed by atoms with van der Waals surface area (Å²) in [5, 5.41) is 3.50. The normalized spacial score (nSPS) is 13.5. The van der Waals surface area contributed by atoms with Gasteiger partial charge in [0.25, 0.3) is 0 Å². The van der Waals surface area contributed by atoms with Crippen molar-refractivity contribution in [2.24, 2.45) is 0 Å². The maximum Gasteiger partial charge on any atom is 0.178 e. The molecule has 0 spiro atoms. The zero-order chi connectivity index (χ0) is 22.7. The van der Waals surface area contributed by atoms with Gasteiger partial charge in [0.15, 0.2) is 5.65 Å². The second-order valence-electron chi connectivity index (χ2n) is 9.74. The van der Waals surface area contributed by atoms with Gasteiger partial charge in [-0.25, -0.2) is 9.97 Å². The molecule has 0 amide bonds. The highest BCUT2D eigenvalue weighted by Gasteiger charge is 2.26. The lowest BCUT2D eigenvalue weighted by molar-refractivity contribution is 1.21. The molecule has 2 aliphatic rings. The Labute approximate surface area is 200 Å². The molecule has 9 rings (SSSR count). The van der Waals surface area contributed by atoms with E-state index in [-0.39, 0.29) is 0 Å². The van der Waals surface area contributed by atoms with E-state index < -0.39 is 0 Å². The number of hydrogen-bond donors (Lipinski definition) is 0. The van der Waals surface area contributed by atoms with E-state index in [1.54, 1.807) is 0 Å². The SMILES string of the molecule is c1ccc2c(c1)Cc1cc3c(cc1-2)-c1cc2c(cc1C3)c1cnccc1n1c3cccnc3nc21. The molecule has 162 valence electrons. The van der Waals surface area contributed by atoms with E-state index in [4.69, 9.17) is 4.98 Å². The first-order valence-corrected chi connectivity index (χ1v) is 12.0. The second kappa shape index (κ2) is 6.10. The first-order valence-electron chi connectivity index (χ1n) is 12.0. The third-order valence-corrected chi connectivity index (χ3v) is 7.93. The van der Waals surface area contributed by atoms with Gasteiger partial charge in [-0.15, -0.1) is 0 Å². The van der Waals surface area contributed by atoms with Gasteiger partial charge >= 0.3 is 0 Å². The summed E-state index contributed by atoms with van der Waals surface area (Å²) < 4.78 is 2.24. The number of rotatable bonds is 0. The topological polar surface area (TPSA) is 43.1 Å². The van der Waals surface area contributed by atoms with Crippen LogP contribution in [0.5, 0.6) is 0 Å². The van der Waals surface area contributed by atoms with E-state index in [2.05, 4.69) is 75.0 Å². The maximum atomic E-state index is 4.99. The minimum atomic E-state index is 0.772. The van der Waals surface area contributed by atoms with Crippen molar-refractivity contribution >= 4 is 38.5 Å². The molecule has 4 heteroatoms. The number of benzene rings is 3. The predicted molar refractivity (Wildman–Crippen MR) is 140 cm³/mol. The fraction of sp³-hybridized carbons (Fsp3) is 0.0645. The molecule has 0 saturated heterocycles. The Morgan fingerprint density at radius 3 is 2.40 bits per heavy atom. The molecule has 0 radical (unpaired) electrons. The van der Waals surface area contributed by atoms with Crippen LogP contribution in [-0.4, -0.2) is 19.4 Å². The standard InChI is InChI=1S/C31H18N4/c1-2-5-21-17(4-1)10-18-11-19-12-20-13-25-26(15-24(20)23(19)14-22(18)21)31-34-30-29(6-3-8-33-30)35(31)28-7-9-32-16-27(25)28/h1-9,11,13-16H,10,12H2. The zero-order valence-corrected chi connectivity index (χ0v) is 18.8. The molecular weight excluding hydrogens is 428 g/mol. The highest BCUT2D eigenvalue weighted by Crippen LogP contribution is 2.46. The first-order chi connectivity index (χ1) is 17.3. The molecule has 7 aromatic rings. The number of hydrogen-bond acceptors (Lipinski definition) is 3. The van der Waals surface area contributed by atoms with Crippen molar-refractivity contribution in [1.29, 1.82) is 0 Å². The van der Waals surface area contributed by atoms with Crippen molar-refractivity contribution in [2.45, 2.75) is 12.8 Å². The molecule has 0 aliphatic heterocycles. The van der Waals surface area contributed by atoms with Gasteiger partial charge in [-0.1, -0.05) is 30.3 Å². The van der Waals surface area contributed by atoms with Gasteiger partial charge in [0.05, 0.1) is 11.0 Å². The van der Waals surface area contributed by atoms with Crippen molar-refractivity contribution in [3.63, 3.8) is 0 Å². The van der Waals surface area contributed by atoms with Gasteiger partial charge in [0, 0.05) is 29.4 Å². The molecule has 4 aromatic heterocycles. The largest absolute Gasteiger partial charge is 0.290 e. The van der Waals surface area contributed by atoms with Crippen LogP contribution in [0.25, 0.3) is 60.7 Å². The molecule has 0 N–H and O–H groups in total. The van der Waals surface area contributed by atoms with Crippen LogP contribution < -0.4 is 0 Å². The summed E-state index contributed by atoms with van der Waals surface area (Å²) in [6.07, 6.45) is 7.65. The van der Waals surface area contributed by atoms with Gasteiger partial charge in [-0.05, 0) is 99.1 Å². The Morgan fingerprint density at radius 2 is 1.43 bits per heavy atom. The average Bonchev–Trinajstić information content (AvgIpc) is 3.57. The maximum absolute atomic E-state index is 4.99. The molecule has 0 fully saturated rings. The molecule has 35 heavy (non-hydrogen) atoms. The van der Waals surface area contributed by atoms with Crippen molar-refractivity contribution in [2.75, 3.05) is 0 Å². The summed E-state index contributed by atoms with van der Waals surface area (Å²) in [5.41, 5.74) is 15.0. The van der Waals surface area contributed by atoms with Crippen molar-refractivity contribution in [3.05, 3.63) is 108 Å². The number of nitrogens with zero attached hydrogens (tertiary/aromatic N) is 4. The van der Waals surface area contributed by atoms with Gasteiger partial charge in [-0.3, -0.25) is 9.38 Å². The quantitative estimate of drug-likeness (QED) is 0.243. The van der Waals surface area contributed by atoms with Crippen molar-refractivity contribution in [1.82, 2.24) is 19.4 Å².